The summed E-state index contributed by atoms with van der Waals surface area (Å²) in [6.07, 6.45) is 1.43. The van der Waals surface area contributed by atoms with Crippen molar-refractivity contribution in [2.75, 3.05) is 12.8 Å². The fraction of sp³-hybridized carbons (Fsp3) is 0.0526. The molecule has 156 valence electrons. The Balaban J connectivity index is 1.72. The third kappa shape index (κ3) is 4.07. The summed E-state index contributed by atoms with van der Waals surface area (Å²) in [4.78, 5) is 12.8. The number of ether oxygens (including phenoxy) is 1. The van der Waals surface area contributed by atoms with Crippen LogP contribution in [0.4, 0.5) is 5.82 Å². The Bertz CT molecular complexity index is 1270. The largest absolute Gasteiger partial charge is 0.497 e. The first-order chi connectivity index (χ1) is 15.1. The third-order valence-electron chi connectivity index (χ3n) is 4.20. The lowest BCUT2D eigenvalue weighted by Gasteiger charge is -2.07. The molecule has 2 aromatic carbocycles. The first-order valence-electron chi connectivity index (χ1n) is 8.85. The van der Waals surface area contributed by atoms with Gasteiger partial charge in [-0.05, 0) is 28.5 Å². The topological polar surface area (TPSA) is 146 Å². The second kappa shape index (κ2) is 8.63. The molecule has 0 aliphatic rings. The highest BCUT2D eigenvalue weighted by atomic mass is 35.5. The Morgan fingerprint density at radius 3 is 2.84 bits per heavy atom. The highest BCUT2D eigenvalue weighted by molar-refractivity contribution is 6.33. The van der Waals surface area contributed by atoms with E-state index in [1.165, 1.54) is 18.0 Å². The summed E-state index contributed by atoms with van der Waals surface area (Å²) in [5.41, 5.74) is 9.72. The number of carbonyl (C=O) groups is 1. The molecular weight excluding hydrogens is 424 g/mol. The number of halogens is 1. The van der Waals surface area contributed by atoms with Gasteiger partial charge in [-0.3, -0.25) is 4.79 Å². The summed E-state index contributed by atoms with van der Waals surface area (Å²) in [7, 11) is 1.53. The smallest absolute Gasteiger partial charge is 0.294 e. The van der Waals surface area contributed by atoms with Crippen LogP contribution in [0.1, 0.15) is 16.1 Å². The molecule has 0 aliphatic carbocycles. The van der Waals surface area contributed by atoms with Crippen LogP contribution in [0, 0.1) is 0 Å². The minimum absolute atomic E-state index is 0.0160. The maximum Gasteiger partial charge on any atom is 0.294 e. The van der Waals surface area contributed by atoms with Crippen LogP contribution in [0.25, 0.3) is 17.1 Å². The van der Waals surface area contributed by atoms with Gasteiger partial charge in [0.2, 0.25) is 11.6 Å². The van der Waals surface area contributed by atoms with Crippen LogP contribution in [-0.4, -0.2) is 44.5 Å². The van der Waals surface area contributed by atoms with E-state index in [1.807, 2.05) is 0 Å². The van der Waals surface area contributed by atoms with Crippen LogP contribution < -0.4 is 15.9 Å². The van der Waals surface area contributed by atoms with E-state index >= 15 is 0 Å². The van der Waals surface area contributed by atoms with Gasteiger partial charge in [-0.25, -0.2) is 10.1 Å². The number of methoxy groups -OCH3 is 1. The predicted octanol–water partition coefficient (Wildman–Crippen LogP) is 2.33. The zero-order valence-electron chi connectivity index (χ0n) is 16.1. The number of nitrogen functional groups attached to an aromatic ring is 1. The fourth-order valence-corrected chi connectivity index (χ4v) is 2.93. The molecule has 0 spiro atoms. The Hall–Kier alpha value is -4.25. The van der Waals surface area contributed by atoms with E-state index in [-0.39, 0.29) is 17.3 Å². The SMILES string of the molecule is COc1cccc(-c2c(C(=O)N/N=C\c3ccccc3Cl)nnn2-c2nonc2N)c1. The number of benzene rings is 2. The molecule has 1 amide bonds. The molecule has 2 heterocycles. The molecule has 0 atom stereocenters. The van der Waals surface area contributed by atoms with E-state index in [0.29, 0.717) is 27.6 Å². The zero-order valence-corrected chi connectivity index (χ0v) is 16.8. The lowest BCUT2D eigenvalue weighted by Crippen LogP contribution is -2.19. The highest BCUT2D eigenvalue weighted by Gasteiger charge is 2.25. The molecule has 0 unspecified atom stereocenters. The van der Waals surface area contributed by atoms with Gasteiger partial charge in [-0.2, -0.15) is 9.78 Å². The number of nitrogens with zero attached hydrogens (tertiary/aromatic N) is 6. The number of carbonyl (C=O) groups excluding carboxylic acids is 1. The summed E-state index contributed by atoms with van der Waals surface area (Å²) in [6.45, 7) is 0. The van der Waals surface area contributed by atoms with Gasteiger partial charge in [0.15, 0.2) is 5.69 Å². The number of anilines is 1. The molecule has 0 aliphatic heterocycles. The average Bonchev–Trinajstić information content (AvgIpc) is 3.41. The van der Waals surface area contributed by atoms with Gasteiger partial charge in [0.1, 0.15) is 11.4 Å². The van der Waals surface area contributed by atoms with Gasteiger partial charge in [-0.15, -0.1) is 5.10 Å². The summed E-state index contributed by atoms with van der Waals surface area (Å²) in [5, 5.41) is 19.7. The molecule has 0 fully saturated rings. The van der Waals surface area contributed by atoms with E-state index in [0.717, 1.165) is 0 Å². The Morgan fingerprint density at radius 2 is 2.10 bits per heavy atom. The highest BCUT2D eigenvalue weighted by Crippen LogP contribution is 2.29. The molecular formula is C19H15ClN8O3. The average molecular weight is 439 g/mol. The number of hydrazone groups is 1. The van der Waals surface area contributed by atoms with E-state index in [2.05, 4.69) is 35.8 Å². The van der Waals surface area contributed by atoms with Crippen molar-refractivity contribution in [1.82, 2.24) is 30.7 Å². The van der Waals surface area contributed by atoms with Crippen LogP contribution in [0.2, 0.25) is 5.02 Å². The first-order valence-corrected chi connectivity index (χ1v) is 9.22. The van der Waals surface area contributed by atoms with E-state index in [1.54, 1.807) is 48.5 Å². The van der Waals surface area contributed by atoms with Crippen LogP contribution >= 0.6 is 11.6 Å². The van der Waals surface area contributed by atoms with Crippen molar-refractivity contribution >= 4 is 29.5 Å². The number of hydrogen-bond donors (Lipinski definition) is 2. The molecule has 4 aromatic rings. The Kier molecular flexibility index (Phi) is 5.58. The van der Waals surface area contributed by atoms with Gasteiger partial charge in [0.25, 0.3) is 5.91 Å². The molecule has 2 aromatic heterocycles. The Morgan fingerprint density at radius 1 is 1.26 bits per heavy atom. The van der Waals surface area contributed by atoms with Gasteiger partial charge in [0.05, 0.1) is 13.3 Å². The van der Waals surface area contributed by atoms with Gasteiger partial charge in [0, 0.05) is 16.1 Å². The molecule has 0 saturated heterocycles. The quantitative estimate of drug-likeness (QED) is 0.344. The Labute approximate surface area is 180 Å². The molecule has 0 saturated carbocycles. The number of rotatable bonds is 6. The number of aromatic nitrogens is 5. The van der Waals surface area contributed by atoms with Crippen molar-refractivity contribution in [2.45, 2.75) is 0 Å². The zero-order chi connectivity index (χ0) is 21.8. The number of amides is 1. The van der Waals surface area contributed by atoms with Crippen molar-refractivity contribution < 1.29 is 14.2 Å². The van der Waals surface area contributed by atoms with Gasteiger partial charge in [-0.1, -0.05) is 47.1 Å². The van der Waals surface area contributed by atoms with E-state index in [4.69, 9.17) is 22.1 Å². The standard InChI is InChI=1S/C19H15ClN8O3/c1-30-13-7-4-6-11(9-13)16-15(23-27-28(16)18-17(21)25-31-26-18)19(29)24-22-10-12-5-2-3-8-14(12)20/h2-10H,1H3,(H2,21,25)(H,24,29)/b22-10-. The summed E-state index contributed by atoms with van der Waals surface area (Å²) < 4.78 is 11.2. The normalized spacial score (nSPS) is 11.0. The monoisotopic (exact) mass is 438 g/mol. The van der Waals surface area contributed by atoms with Crippen LogP contribution in [0.3, 0.4) is 0 Å². The molecule has 31 heavy (non-hydrogen) atoms. The summed E-state index contributed by atoms with van der Waals surface area (Å²) >= 11 is 6.09. The number of nitrogens with one attached hydrogen (secondary N) is 1. The second-order valence-electron chi connectivity index (χ2n) is 6.12. The first kappa shape index (κ1) is 20.0. The fourth-order valence-electron chi connectivity index (χ4n) is 2.74. The number of nitrogens with two attached hydrogens (primary N) is 1. The van der Waals surface area contributed by atoms with Crippen molar-refractivity contribution in [3.05, 3.63) is 64.8 Å². The molecule has 0 radical (unpaired) electrons. The maximum atomic E-state index is 12.8. The van der Waals surface area contributed by atoms with Gasteiger partial charge >= 0.3 is 0 Å². The van der Waals surface area contributed by atoms with Crippen molar-refractivity contribution in [3.63, 3.8) is 0 Å². The van der Waals surface area contributed by atoms with Crippen LogP contribution in [0.15, 0.2) is 58.3 Å². The molecule has 3 N–H and O–H groups in total. The predicted molar refractivity (Wildman–Crippen MR) is 112 cm³/mol. The van der Waals surface area contributed by atoms with Crippen molar-refractivity contribution in [2.24, 2.45) is 5.10 Å². The van der Waals surface area contributed by atoms with E-state index < -0.39 is 5.91 Å². The molecule has 11 nitrogen and oxygen atoms in total. The summed E-state index contributed by atoms with van der Waals surface area (Å²) in [6, 6.07) is 14.1. The van der Waals surface area contributed by atoms with Crippen LogP contribution in [-0.2, 0) is 0 Å². The van der Waals surface area contributed by atoms with Crippen molar-refractivity contribution in [3.8, 4) is 22.8 Å². The minimum atomic E-state index is -0.609. The summed E-state index contributed by atoms with van der Waals surface area (Å²) in [5.74, 6) is 0.0312. The van der Waals surface area contributed by atoms with E-state index in [9.17, 15) is 4.79 Å². The third-order valence-corrected chi connectivity index (χ3v) is 4.54. The maximum absolute atomic E-state index is 12.8. The molecule has 12 heteroatoms. The lowest BCUT2D eigenvalue weighted by atomic mass is 10.1. The second-order valence-corrected chi connectivity index (χ2v) is 6.53. The number of hydrogen-bond acceptors (Lipinski definition) is 9. The molecule has 0 bridgehead atoms. The van der Waals surface area contributed by atoms with Crippen LogP contribution in [0.5, 0.6) is 5.75 Å². The van der Waals surface area contributed by atoms with Gasteiger partial charge < -0.3 is 10.5 Å². The minimum Gasteiger partial charge on any atom is -0.497 e. The molecule has 4 rings (SSSR count). The van der Waals surface area contributed by atoms with Crippen molar-refractivity contribution in [1.29, 1.82) is 0 Å². The lowest BCUT2D eigenvalue weighted by molar-refractivity contribution is 0.0950.